The summed E-state index contributed by atoms with van der Waals surface area (Å²) in [5.41, 5.74) is 2.96. The number of aromatic nitrogens is 1. The Labute approximate surface area is 144 Å². The summed E-state index contributed by atoms with van der Waals surface area (Å²) in [6.45, 7) is 3.91. The molecule has 0 aliphatic rings. The number of pyridine rings is 1. The van der Waals surface area contributed by atoms with E-state index in [0.717, 1.165) is 21.0 Å². The third kappa shape index (κ3) is 2.97. The molecule has 3 heterocycles. The number of esters is 1. The van der Waals surface area contributed by atoms with Gasteiger partial charge in [-0.1, -0.05) is 6.07 Å². The van der Waals surface area contributed by atoms with E-state index in [1.54, 1.807) is 25.2 Å². The zero-order valence-electron chi connectivity index (χ0n) is 13.4. The average molecular weight is 336 g/mol. The van der Waals surface area contributed by atoms with Crippen molar-refractivity contribution in [3.05, 3.63) is 58.6 Å². The van der Waals surface area contributed by atoms with Crippen molar-refractivity contribution in [2.75, 3.05) is 6.61 Å². The normalized spacial score (nSPS) is 11.5. The predicted molar refractivity (Wildman–Crippen MR) is 95.9 cm³/mol. The van der Waals surface area contributed by atoms with Gasteiger partial charge in [0.15, 0.2) is 0 Å². The first-order valence-corrected chi connectivity index (χ1v) is 8.41. The molecule has 0 spiro atoms. The number of fused-ring (bicyclic) bond motifs is 1. The highest BCUT2D eigenvalue weighted by Crippen LogP contribution is 2.34. The summed E-state index contributed by atoms with van der Waals surface area (Å²) in [4.78, 5) is 14.3. The molecule has 0 aliphatic carbocycles. The van der Waals surface area contributed by atoms with Gasteiger partial charge in [-0.05, 0) is 50.3 Å². The Hall–Kier alpha value is -2.84. The summed E-state index contributed by atoms with van der Waals surface area (Å²) >= 11 is 1.54. The van der Waals surface area contributed by atoms with Crippen LogP contribution >= 0.6 is 11.3 Å². The van der Waals surface area contributed by atoms with E-state index in [1.165, 1.54) is 0 Å². The van der Waals surface area contributed by atoms with E-state index in [-0.39, 0.29) is 5.97 Å². The highest BCUT2D eigenvalue weighted by atomic mass is 32.1. The largest absolute Gasteiger partial charge is 0.462 e. The molecule has 0 unspecified atom stereocenters. The molecule has 0 saturated carbocycles. The number of thiophene rings is 1. The Bertz CT molecular complexity index is 973. The number of allylic oxidation sites excluding steroid dienone is 1. The number of carbonyl (C=O) groups is 1. The smallest absolute Gasteiger partial charge is 0.340 e. The van der Waals surface area contributed by atoms with Crippen molar-refractivity contribution in [3.8, 4) is 16.6 Å². The molecule has 0 saturated heterocycles. The van der Waals surface area contributed by atoms with Gasteiger partial charge < -0.3 is 9.14 Å². The van der Waals surface area contributed by atoms with Crippen LogP contribution in [0.3, 0.4) is 0 Å². The quantitative estimate of drug-likeness (QED) is 0.509. The van der Waals surface area contributed by atoms with E-state index >= 15 is 0 Å². The van der Waals surface area contributed by atoms with Crippen LogP contribution in [0.25, 0.3) is 22.2 Å². The van der Waals surface area contributed by atoms with E-state index in [9.17, 15) is 4.79 Å². The van der Waals surface area contributed by atoms with E-state index in [2.05, 4.69) is 6.07 Å². The van der Waals surface area contributed by atoms with E-state index in [0.29, 0.717) is 17.7 Å². The number of nitriles is 1. The maximum Gasteiger partial charge on any atom is 0.340 e. The van der Waals surface area contributed by atoms with Crippen molar-refractivity contribution < 1.29 is 9.53 Å². The molecule has 4 nitrogen and oxygen atoms in total. The molecule has 120 valence electrons. The summed E-state index contributed by atoms with van der Waals surface area (Å²) in [6.07, 6.45) is 3.77. The lowest BCUT2D eigenvalue weighted by Gasteiger charge is -2.04. The molecule has 0 N–H and O–H groups in total. The molecule has 5 heteroatoms. The van der Waals surface area contributed by atoms with Crippen LogP contribution in [0.2, 0.25) is 0 Å². The molecule has 0 amide bonds. The van der Waals surface area contributed by atoms with Gasteiger partial charge in [0.25, 0.3) is 0 Å². The van der Waals surface area contributed by atoms with Crippen molar-refractivity contribution in [2.24, 2.45) is 0 Å². The van der Waals surface area contributed by atoms with E-state index < -0.39 is 0 Å². The number of hydrogen-bond acceptors (Lipinski definition) is 4. The minimum atomic E-state index is -0.324. The maximum atomic E-state index is 12.4. The molecule has 0 aliphatic heterocycles. The van der Waals surface area contributed by atoms with Gasteiger partial charge in [-0.25, -0.2) is 4.79 Å². The Kier molecular flexibility index (Phi) is 4.50. The first kappa shape index (κ1) is 16.0. The molecular weight excluding hydrogens is 320 g/mol. The van der Waals surface area contributed by atoms with Gasteiger partial charge in [-0.3, -0.25) is 0 Å². The van der Waals surface area contributed by atoms with Crippen molar-refractivity contribution in [3.63, 3.8) is 0 Å². The molecule has 24 heavy (non-hydrogen) atoms. The van der Waals surface area contributed by atoms with Crippen molar-refractivity contribution in [1.29, 1.82) is 5.26 Å². The van der Waals surface area contributed by atoms with Crippen LogP contribution in [0.15, 0.2) is 48.2 Å². The molecule has 3 aromatic rings. The van der Waals surface area contributed by atoms with Gasteiger partial charge >= 0.3 is 5.97 Å². The molecule has 0 atom stereocenters. The van der Waals surface area contributed by atoms with Crippen LogP contribution in [-0.2, 0) is 4.74 Å². The summed E-state index contributed by atoms with van der Waals surface area (Å²) in [5, 5.41) is 8.93. The number of nitrogens with zero attached hydrogens (tertiary/aromatic N) is 2. The van der Waals surface area contributed by atoms with Gasteiger partial charge in [0.05, 0.1) is 28.8 Å². The summed E-state index contributed by atoms with van der Waals surface area (Å²) in [5.74, 6) is -0.324. The first-order valence-electron chi connectivity index (χ1n) is 7.60. The molecule has 0 bridgehead atoms. The van der Waals surface area contributed by atoms with Crippen molar-refractivity contribution in [2.45, 2.75) is 13.8 Å². The second kappa shape index (κ2) is 6.73. The summed E-state index contributed by atoms with van der Waals surface area (Å²) in [7, 11) is 0. The molecule has 0 aromatic carbocycles. The zero-order chi connectivity index (χ0) is 17.1. The molecule has 0 radical (unpaired) electrons. The van der Waals surface area contributed by atoms with E-state index in [1.807, 2.05) is 53.1 Å². The molecule has 0 fully saturated rings. The number of hydrogen-bond donors (Lipinski definition) is 0. The fourth-order valence-electron chi connectivity index (χ4n) is 2.54. The minimum Gasteiger partial charge on any atom is -0.462 e. The minimum absolute atomic E-state index is 0.324. The van der Waals surface area contributed by atoms with Gasteiger partial charge in [0.2, 0.25) is 0 Å². The first-order chi connectivity index (χ1) is 11.6. The fourth-order valence-corrected chi connectivity index (χ4v) is 3.61. The standard InChI is InChI=1S/C19H16N2O2S/c1-3-23-19(22)16-11-14-6-4-5-9-21(14)18(16)17-8-7-15(24-17)10-13(2)12-20/h4-11H,3H2,1-2H3/b13-10-. The van der Waals surface area contributed by atoms with Crippen LogP contribution in [0.4, 0.5) is 0 Å². The maximum absolute atomic E-state index is 12.4. The van der Waals surface area contributed by atoms with Gasteiger partial charge in [-0.15, -0.1) is 11.3 Å². The average Bonchev–Trinajstić information content (AvgIpc) is 3.18. The molecule has 3 rings (SSSR count). The Morgan fingerprint density at radius 2 is 2.21 bits per heavy atom. The summed E-state index contributed by atoms with van der Waals surface area (Å²) < 4.78 is 7.19. The monoisotopic (exact) mass is 336 g/mol. The zero-order valence-corrected chi connectivity index (χ0v) is 14.3. The fraction of sp³-hybridized carbons (Fsp3) is 0.158. The van der Waals surface area contributed by atoms with Crippen LogP contribution in [0, 0.1) is 11.3 Å². The van der Waals surface area contributed by atoms with Crippen molar-refractivity contribution >= 4 is 28.9 Å². The number of carbonyl (C=O) groups excluding carboxylic acids is 1. The van der Waals surface area contributed by atoms with Crippen LogP contribution in [0.1, 0.15) is 29.1 Å². The highest BCUT2D eigenvalue weighted by molar-refractivity contribution is 7.16. The lowest BCUT2D eigenvalue weighted by Crippen LogP contribution is -2.05. The molecule has 3 aromatic heterocycles. The Morgan fingerprint density at radius 3 is 2.96 bits per heavy atom. The van der Waals surface area contributed by atoms with Gasteiger partial charge in [0.1, 0.15) is 0 Å². The molecular formula is C19H16N2O2S. The van der Waals surface area contributed by atoms with E-state index in [4.69, 9.17) is 10.00 Å². The van der Waals surface area contributed by atoms with Crippen LogP contribution in [0.5, 0.6) is 0 Å². The van der Waals surface area contributed by atoms with Crippen LogP contribution < -0.4 is 0 Å². The SMILES string of the molecule is CCOC(=O)c1cc2ccccn2c1-c1ccc(/C=C(/C)C#N)s1. The lowest BCUT2D eigenvalue weighted by atomic mass is 10.2. The topological polar surface area (TPSA) is 54.5 Å². The lowest BCUT2D eigenvalue weighted by molar-refractivity contribution is 0.0527. The highest BCUT2D eigenvalue weighted by Gasteiger charge is 2.20. The number of ether oxygens (including phenoxy) is 1. The van der Waals surface area contributed by atoms with Gasteiger partial charge in [-0.2, -0.15) is 5.26 Å². The second-order valence-electron chi connectivity index (χ2n) is 5.26. The Balaban J connectivity index is 2.16. The third-order valence-electron chi connectivity index (χ3n) is 3.57. The van der Waals surface area contributed by atoms with Crippen LogP contribution in [-0.4, -0.2) is 17.0 Å². The third-order valence-corrected chi connectivity index (χ3v) is 4.61. The second-order valence-corrected chi connectivity index (χ2v) is 6.38. The van der Waals surface area contributed by atoms with Crippen molar-refractivity contribution in [1.82, 2.24) is 4.40 Å². The Morgan fingerprint density at radius 1 is 1.38 bits per heavy atom. The van der Waals surface area contributed by atoms with Gasteiger partial charge in [0, 0.05) is 22.2 Å². The number of rotatable bonds is 4. The predicted octanol–water partition coefficient (Wildman–Crippen LogP) is 4.77. The summed E-state index contributed by atoms with van der Waals surface area (Å²) in [6, 6.07) is 13.7.